The van der Waals surface area contributed by atoms with Crippen molar-refractivity contribution in [3.8, 4) is 0 Å². The van der Waals surface area contributed by atoms with Crippen LogP contribution in [0.3, 0.4) is 0 Å². The topological polar surface area (TPSA) is 53.9 Å². The SMILES string of the molecule is ON=Cc1ccc2c(c1)COC21CNC1. The normalized spacial score (nSPS) is 21.9. The van der Waals surface area contributed by atoms with Crippen LogP contribution in [0.2, 0.25) is 0 Å². The zero-order chi connectivity index (χ0) is 10.3. The Bertz CT molecular complexity index is 425. The van der Waals surface area contributed by atoms with Crippen LogP contribution in [-0.2, 0) is 16.9 Å². The van der Waals surface area contributed by atoms with Crippen molar-refractivity contribution in [2.45, 2.75) is 12.2 Å². The molecule has 4 nitrogen and oxygen atoms in total. The zero-order valence-corrected chi connectivity index (χ0v) is 8.23. The van der Waals surface area contributed by atoms with Gasteiger partial charge in [-0.05, 0) is 22.8 Å². The predicted molar refractivity (Wildman–Crippen MR) is 55.2 cm³/mol. The summed E-state index contributed by atoms with van der Waals surface area (Å²) < 4.78 is 5.81. The summed E-state index contributed by atoms with van der Waals surface area (Å²) in [5.74, 6) is 0. The molecule has 0 aliphatic carbocycles. The first-order valence-corrected chi connectivity index (χ1v) is 5.00. The van der Waals surface area contributed by atoms with Gasteiger partial charge >= 0.3 is 0 Å². The molecule has 0 radical (unpaired) electrons. The van der Waals surface area contributed by atoms with E-state index < -0.39 is 0 Å². The van der Waals surface area contributed by atoms with Crippen molar-refractivity contribution in [3.63, 3.8) is 0 Å². The predicted octanol–water partition coefficient (Wildman–Crippen LogP) is 0.823. The summed E-state index contributed by atoms with van der Waals surface area (Å²) >= 11 is 0. The molecule has 0 bridgehead atoms. The molecule has 1 fully saturated rings. The lowest BCUT2D eigenvalue weighted by atomic mass is 9.87. The number of fused-ring (bicyclic) bond motifs is 2. The highest BCUT2D eigenvalue weighted by Gasteiger charge is 2.45. The van der Waals surface area contributed by atoms with Gasteiger partial charge in [-0.15, -0.1) is 0 Å². The summed E-state index contributed by atoms with van der Waals surface area (Å²) in [5.41, 5.74) is 3.30. The van der Waals surface area contributed by atoms with Gasteiger partial charge in [0.25, 0.3) is 0 Å². The Morgan fingerprint density at radius 3 is 3.00 bits per heavy atom. The number of oxime groups is 1. The number of rotatable bonds is 1. The molecule has 1 spiro atoms. The van der Waals surface area contributed by atoms with E-state index >= 15 is 0 Å². The molecule has 2 aliphatic rings. The van der Waals surface area contributed by atoms with Crippen LogP contribution in [0.4, 0.5) is 0 Å². The molecule has 78 valence electrons. The maximum atomic E-state index is 8.46. The monoisotopic (exact) mass is 204 g/mol. The van der Waals surface area contributed by atoms with Crippen molar-refractivity contribution in [1.29, 1.82) is 0 Å². The molecule has 1 aromatic carbocycles. The van der Waals surface area contributed by atoms with Crippen molar-refractivity contribution < 1.29 is 9.94 Å². The third-order valence-corrected chi connectivity index (χ3v) is 3.15. The van der Waals surface area contributed by atoms with Gasteiger partial charge in [0.2, 0.25) is 0 Å². The summed E-state index contributed by atoms with van der Waals surface area (Å²) in [7, 11) is 0. The van der Waals surface area contributed by atoms with Crippen LogP contribution in [0.15, 0.2) is 23.4 Å². The van der Waals surface area contributed by atoms with Crippen LogP contribution >= 0.6 is 0 Å². The third kappa shape index (κ3) is 1.19. The first-order chi connectivity index (χ1) is 7.34. The lowest BCUT2D eigenvalue weighted by Crippen LogP contribution is -2.56. The molecule has 4 heteroatoms. The summed E-state index contributed by atoms with van der Waals surface area (Å²) in [6.07, 6.45) is 1.43. The van der Waals surface area contributed by atoms with Gasteiger partial charge in [0.1, 0.15) is 5.60 Å². The molecule has 0 aromatic heterocycles. The third-order valence-electron chi connectivity index (χ3n) is 3.15. The summed E-state index contributed by atoms with van der Waals surface area (Å²) in [5, 5.41) is 14.7. The number of benzene rings is 1. The van der Waals surface area contributed by atoms with Crippen LogP contribution in [-0.4, -0.2) is 24.5 Å². The average molecular weight is 204 g/mol. The van der Waals surface area contributed by atoms with E-state index in [0.29, 0.717) is 6.61 Å². The van der Waals surface area contributed by atoms with Gasteiger partial charge in [-0.1, -0.05) is 17.3 Å². The minimum Gasteiger partial charge on any atom is -0.411 e. The Labute approximate surface area is 87.6 Å². The highest BCUT2D eigenvalue weighted by Crippen LogP contribution is 2.39. The second-order valence-corrected chi connectivity index (χ2v) is 4.05. The van der Waals surface area contributed by atoms with Gasteiger partial charge in [0, 0.05) is 13.1 Å². The minimum atomic E-state index is -0.0791. The maximum absolute atomic E-state index is 8.46. The van der Waals surface area contributed by atoms with Crippen molar-refractivity contribution in [2.24, 2.45) is 5.16 Å². The van der Waals surface area contributed by atoms with Crippen molar-refractivity contribution >= 4 is 6.21 Å². The molecule has 0 atom stereocenters. The molecule has 0 unspecified atom stereocenters. The Morgan fingerprint density at radius 2 is 2.33 bits per heavy atom. The largest absolute Gasteiger partial charge is 0.411 e. The fourth-order valence-electron chi connectivity index (χ4n) is 2.26. The zero-order valence-electron chi connectivity index (χ0n) is 8.23. The molecule has 3 rings (SSSR count). The van der Waals surface area contributed by atoms with E-state index in [2.05, 4.69) is 16.5 Å². The van der Waals surface area contributed by atoms with Gasteiger partial charge < -0.3 is 15.3 Å². The van der Waals surface area contributed by atoms with Gasteiger partial charge in [-0.25, -0.2) is 0 Å². The molecule has 15 heavy (non-hydrogen) atoms. The Hall–Kier alpha value is -1.39. The van der Waals surface area contributed by atoms with E-state index in [-0.39, 0.29) is 5.60 Å². The van der Waals surface area contributed by atoms with E-state index in [1.54, 1.807) is 0 Å². The Balaban J connectivity index is 2.02. The standard InChI is InChI=1S/C11H12N2O2/c14-13-4-8-1-2-10-9(3-8)5-15-11(10)6-12-7-11/h1-4,12,14H,5-7H2. The van der Waals surface area contributed by atoms with Crippen LogP contribution in [0, 0.1) is 0 Å². The Kier molecular flexibility index (Phi) is 1.81. The van der Waals surface area contributed by atoms with Crippen LogP contribution < -0.4 is 5.32 Å². The van der Waals surface area contributed by atoms with Crippen LogP contribution in [0.1, 0.15) is 16.7 Å². The van der Waals surface area contributed by atoms with E-state index in [1.807, 2.05) is 12.1 Å². The fraction of sp³-hybridized carbons (Fsp3) is 0.364. The average Bonchev–Trinajstić information content (AvgIpc) is 2.56. The Morgan fingerprint density at radius 1 is 1.47 bits per heavy atom. The molecule has 2 aliphatic heterocycles. The van der Waals surface area contributed by atoms with Crippen molar-refractivity contribution in [3.05, 3.63) is 34.9 Å². The molecule has 2 heterocycles. The number of hydrogen-bond donors (Lipinski definition) is 2. The molecule has 1 saturated heterocycles. The maximum Gasteiger partial charge on any atom is 0.119 e. The molecule has 0 amide bonds. The van der Waals surface area contributed by atoms with Crippen molar-refractivity contribution in [2.75, 3.05) is 13.1 Å². The van der Waals surface area contributed by atoms with E-state index in [4.69, 9.17) is 9.94 Å². The van der Waals surface area contributed by atoms with Gasteiger partial charge in [0.05, 0.1) is 12.8 Å². The summed E-state index contributed by atoms with van der Waals surface area (Å²) in [4.78, 5) is 0. The summed E-state index contributed by atoms with van der Waals surface area (Å²) in [6, 6.07) is 6.04. The van der Waals surface area contributed by atoms with Gasteiger partial charge in [0.15, 0.2) is 0 Å². The van der Waals surface area contributed by atoms with Crippen molar-refractivity contribution in [1.82, 2.24) is 5.32 Å². The quantitative estimate of drug-likeness (QED) is 0.404. The number of ether oxygens (including phenoxy) is 1. The second kappa shape index (κ2) is 3.05. The van der Waals surface area contributed by atoms with Crippen LogP contribution in [0.25, 0.3) is 0 Å². The van der Waals surface area contributed by atoms with E-state index in [0.717, 1.165) is 18.7 Å². The van der Waals surface area contributed by atoms with Gasteiger partial charge in [-0.3, -0.25) is 0 Å². The van der Waals surface area contributed by atoms with E-state index in [1.165, 1.54) is 17.3 Å². The highest BCUT2D eigenvalue weighted by atomic mass is 16.5. The smallest absolute Gasteiger partial charge is 0.119 e. The first kappa shape index (κ1) is 8.88. The number of hydrogen-bond acceptors (Lipinski definition) is 4. The second-order valence-electron chi connectivity index (χ2n) is 4.05. The molecular formula is C11H12N2O2. The number of nitrogens with one attached hydrogen (secondary N) is 1. The first-order valence-electron chi connectivity index (χ1n) is 5.00. The molecule has 1 aromatic rings. The fourth-order valence-corrected chi connectivity index (χ4v) is 2.26. The van der Waals surface area contributed by atoms with Crippen LogP contribution in [0.5, 0.6) is 0 Å². The highest BCUT2D eigenvalue weighted by molar-refractivity contribution is 5.79. The minimum absolute atomic E-state index is 0.0791. The number of nitrogens with zero attached hydrogens (tertiary/aromatic N) is 1. The lowest BCUT2D eigenvalue weighted by molar-refractivity contribution is -0.0746. The molecule has 0 saturated carbocycles. The molecular weight excluding hydrogens is 192 g/mol. The summed E-state index contributed by atoms with van der Waals surface area (Å²) in [6.45, 7) is 2.45. The van der Waals surface area contributed by atoms with E-state index in [9.17, 15) is 0 Å². The van der Waals surface area contributed by atoms with Gasteiger partial charge in [-0.2, -0.15) is 0 Å². The lowest BCUT2D eigenvalue weighted by Gasteiger charge is -2.39. The molecule has 2 N–H and O–H groups in total.